The van der Waals surface area contributed by atoms with Gasteiger partial charge in [0.15, 0.2) is 0 Å². The predicted octanol–water partition coefficient (Wildman–Crippen LogP) is 7.64. The molecule has 0 unspecified atom stereocenters. The Bertz CT molecular complexity index is 1790. The van der Waals surface area contributed by atoms with E-state index in [1.54, 1.807) is 12.1 Å². The van der Waals surface area contributed by atoms with E-state index in [9.17, 15) is 19.5 Å². The lowest BCUT2D eigenvalue weighted by Crippen LogP contribution is -2.42. The van der Waals surface area contributed by atoms with Crippen LogP contribution in [0.25, 0.3) is 22.3 Å². The van der Waals surface area contributed by atoms with E-state index in [0.717, 1.165) is 44.5 Å². The molecule has 1 aliphatic rings. The van der Waals surface area contributed by atoms with E-state index in [1.807, 2.05) is 103 Å². The van der Waals surface area contributed by atoms with E-state index >= 15 is 0 Å². The molecule has 0 aromatic heterocycles. The summed E-state index contributed by atoms with van der Waals surface area (Å²) in [5, 5.41) is 15.1. The van der Waals surface area contributed by atoms with Gasteiger partial charge in [-0.25, -0.2) is 14.4 Å². The lowest BCUT2D eigenvalue weighted by atomic mass is 9.98. The minimum atomic E-state index is -1.16. The number of aliphatic carboxylic acids is 1. The largest absolute Gasteiger partial charge is 0.480 e. The molecule has 2 amide bonds. The summed E-state index contributed by atoms with van der Waals surface area (Å²) in [6, 6.07) is 39.1. The number of carboxylic acids is 1. The van der Waals surface area contributed by atoms with E-state index in [-0.39, 0.29) is 25.6 Å². The summed E-state index contributed by atoms with van der Waals surface area (Å²) in [6.07, 6.45) is -1.22. The van der Waals surface area contributed by atoms with E-state index in [1.165, 1.54) is 0 Å². The van der Waals surface area contributed by atoms with Gasteiger partial charge in [0.05, 0.1) is 0 Å². The molecule has 0 heterocycles. The maximum atomic E-state index is 12.7. The Labute approximate surface area is 266 Å². The van der Waals surface area contributed by atoms with E-state index in [4.69, 9.17) is 9.47 Å². The predicted molar refractivity (Wildman–Crippen MR) is 175 cm³/mol. The number of nitrogens with one attached hydrogen (secondary N) is 2. The van der Waals surface area contributed by atoms with E-state index in [2.05, 4.69) is 22.8 Å². The Morgan fingerprint density at radius 3 is 1.80 bits per heavy atom. The van der Waals surface area contributed by atoms with Crippen molar-refractivity contribution in [3.05, 3.63) is 150 Å². The van der Waals surface area contributed by atoms with Gasteiger partial charge in [-0.2, -0.15) is 0 Å². The van der Waals surface area contributed by atoms with Gasteiger partial charge in [-0.3, -0.25) is 5.32 Å². The van der Waals surface area contributed by atoms with Crippen LogP contribution in [0.4, 0.5) is 15.3 Å². The average Bonchev–Trinajstić information content (AvgIpc) is 3.41. The number of carbonyl (C=O) groups is 3. The SMILES string of the molecule is O=C(Nc1ccc(-c2ccc(C[C@H](NC(=O)OCC3c4ccccc4-c4ccccc43)C(=O)O)cc2)cc1)OCc1ccccc1. The van der Waals surface area contributed by atoms with Crippen molar-refractivity contribution >= 4 is 23.8 Å². The van der Waals surface area contributed by atoms with Crippen LogP contribution in [0, 0.1) is 0 Å². The number of anilines is 1. The van der Waals surface area contributed by atoms with Crippen LogP contribution in [0.5, 0.6) is 0 Å². The minimum Gasteiger partial charge on any atom is -0.480 e. The molecule has 8 heteroatoms. The first-order chi connectivity index (χ1) is 22.4. The number of carbonyl (C=O) groups excluding carboxylic acids is 2. The Morgan fingerprint density at radius 1 is 0.630 bits per heavy atom. The van der Waals surface area contributed by atoms with Crippen LogP contribution in [0.2, 0.25) is 0 Å². The number of ether oxygens (including phenoxy) is 2. The van der Waals surface area contributed by atoms with Gasteiger partial charge in [0, 0.05) is 18.0 Å². The van der Waals surface area contributed by atoms with Crippen LogP contribution in [0.3, 0.4) is 0 Å². The number of fused-ring (bicyclic) bond motifs is 3. The molecule has 230 valence electrons. The molecule has 1 aliphatic carbocycles. The lowest BCUT2D eigenvalue weighted by molar-refractivity contribution is -0.139. The van der Waals surface area contributed by atoms with E-state index in [0.29, 0.717) is 5.69 Å². The molecule has 0 radical (unpaired) electrons. The smallest absolute Gasteiger partial charge is 0.411 e. The highest BCUT2D eigenvalue weighted by Crippen LogP contribution is 2.44. The zero-order chi connectivity index (χ0) is 31.9. The van der Waals surface area contributed by atoms with Gasteiger partial charge in [-0.05, 0) is 56.6 Å². The van der Waals surface area contributed by atoms with Gasteiger partial charge in [-0.15, -0.1) is 0 Å². The monoisotopic (exact) mass is 612 g/mol. The Morgan fingerprint density at radius 2 is 1.20 bits per heavy atom. The molecule has 1 atom stereocenters. The van der Waals surface area contributed by atoms with Crippen molar-refractivity contribution in [3.63, 3.8) is 0 Å². The van der Waals surface area contributed by atoms with Crippen molar-refractivity contribution < 1.29 is 29.0 Å². The molecular weight excluding hydrogens is 580 g/mol. The van der Waals surface area contributed by atoms with Gasteiger partial charge in [0.1, 0.15) is 19.3 Å². The number of rotatable bonds is 10. The second kappa shape index (κ2) is 13.8. The average molecular weight is 613 g/mol. The number of hydrogen-bond donors (Lipinski definition) is 3. The van der Waals surface area contributed by atoms with Crippen LogP contribution in [-0.4, -0.2) is 35.9 Å². The molecule has 6 rings (SSSR count). The maximum Gasteiger partial charge on any atom is 0.411 e. The van der Waals surface area contributed by atoms with Gasteiger partial charge in [-0.1, -0.05) is 115 Å². The summed E-state index contributed by atoms with van der Waals surface area (Å²) in [6.45, 7) is 0.283. The summed E-state index contributed by atoms with van der Waals surface area (Å²) in [5.41, 5.74) is 8.48. The first-order valence-corrected chi connectivity index (χ1v) is 15.0. The van der Waals surface area contributed by atoms with Crippen molar-refractivity contribution in [2.45, 2.75) is 25.0 Å². The number of hydrogen-bond acceptors (Lipinski definition) is 5. The molecule has 0 fully saturated rings. The summed E-state index contributed by atoms with van der Waals surface area (Å²) >= 11 is 0. The summed E-state index contributed by atoms with van der Waals surface area (Å²) in [5.74, 6) is -1.27. The first-order valence-electron chi connectivity index (χ1n) is 15.0. The normalized spacial score (nSPS) is 12.3. The third kappa shape index (κ3) is 7.08. The zero-order valence-electron chi connectivity index (χ0n) is 24.9. The van der Waals surface area contributed by atoms with Gasteiger partial charge >= 0.3 is 18.2 Å². The van der Waals surface area contributed by atoms with E-state index < -0.39 is 24.2 Å². The lowest BCUT2D eigenvalue weighted by Gasteiger charge is -2.17. The Kier molecular flexibility index (Phi) is 9.06. The summed E-state index contributed by atoms with van der Waals surface area (Å²) < 4.78 is 10.8. The summed E-state index contributed by atoms with van der Waals surface area (Å²) in [7, 11) is 0. The van der Waals surface area contributed by atoms with Gasteiger partial charge < -0.3 is 19.9 Å². The van der Waals surface area contributed by atoms with Gasteiger partial charge in [0.25, 0.3) is 0 Å². The highest BCUT2D eigenvalue weighted by molar-refractivity contribution is 5.85. The molecule has 8 nitrogen and oxygen atoms in total. The molecule has 5 aromatic rings. The second-order valence-electron chi connectivity index (χ2n) is 11.0. The Hall–Kier alpha value is -5.89. The summed E-state index contributed by atoms with van der Waals surface area (Å²) in [4.78, 5) is 36.9. The molecule has 0 bridgehead atoms. The second-order valence-corrected chi connectivity index (χ2v) is 11.0. The molecule has 0 aliphatic heterocycles. The van der Waals surface area contributed by atoms with Gasteiger partial charge in [0.2, 0.25) is 0 Å². The van der Waals surface area contributed by atoms with Crippen LogP contribution < -0.4 is 10.6 Å². The molecule has 0 spiro atoms. The molecule has 3 N–H and O–H groups in total. The number of amides is 2. The molecule has 0 saturated carbocycles. The number of benzene rings is 5. The fourth-order valence-electron chi connectivity index (χ4n) is 5.67. The van der Waals surface area contributed by atoms with Crippen LogP contribution in [-0.2, 0) is 27.3 Å². The van der Waals surface area contributed by atoms with Crippen LogP contribution in [0.1, 0.15) is 28.2 Å². The fourth-order valence-corrected chi connectivity index (χ4v) is 5.67. The van der Waals surface area contributed by atoms with Crippen molar-refractivity contribution in [3.8, 4) is 22.3 Å². The quantitative estimate of drug-likeness (QED) is 0.149. The molecule has 5 aromatic carbocycles. The van der Waals surface area contributed by atoms with Crippen molar-refractivity contribution in [2.75, 3.05) is 11.9 Å². The molecular formula is C38H32N2O6. The highest BCUT2D eigenvalue weighted by Gasteiger charge is 2.29. The zero-order valence-corrected chi connectivity index (χ0v) is 24.9. The Balaban J connectivity index is 1.01. The van der Waals surface area contributed by atoms with Crippen LogP contribution in [0.15, 0.2) is 127 Å². The first kappa shape index (κ1) is 30.1. The molecule has 46 heavy (non-hydrogen) atoms. The number of alkyl carbamates (subject to hydrolysis) is 1. The van der Waals surface area contributed by atoms with Crippen molar-refractivity contribution in [2.24, 2.45) is 0 Å². The standard InChI is InChI=1S/C38H32N2O6/c41-36(42)35(40-38(44)46-24-34-32-12-6-4-10-30(32)31-11-5-7-13-33(31)34)22-25-14-16-27(17-15-25)28-18-20-29(21-19-28)39-37(43)45-23-26-8-2-1-3-9-26/h1-21,34-35H,22-24H2,(H,39,43)(H,40,44)(H,41,42)/t35-/m0/s1. The highest BCUT2D eigenvalue weighted by atomic mass is 16.6. The molecule has 0 saturated heterocycles. The fraction of sp³-hybridized carbons (Fsp3) is 0.132. The van der Waals surface area contributed by atoms with Crippen LogP contribution >= 0.6 is 0 Å². The topological polar surface area (TPSA) is 114 Å². The number of carboxylic acid groups (broad SMARTS) is 1. The third-order valence-corrected chi connectivity index (χ3v) is 8.01. The maximum absolute atomic E-state index is 12.7. The van der Waals surface area contributed by atoms with Crippen molar-refractivity contribution in [1.82, 2.24) is 5.32 Å². The minimum absolute atomic E-state index is 0.0910. The third-order valence-electron chi connectivity index (χ3n) is 8.01. The van der Waals surface area contributed by atoms with Crippen molar-refractivity contribution in [1.29, 1.82) is 0 Å².